The second-order valence-corrected chi connectivity index (χ2v) is 4.03. The van der Waals surface area contributed by atoms with E-state index in [1.807, 2.05) is 6.92 Å². The van der Waals surface area contributed by atoms with Gasteiger partial charge in [0.25, 0.3) is 0 Å². The maximum atomic E-state index is 11.1. The van der Waals surface area contributed by atoms with E-state index in [1.54, 1.807) is 0 Å². The molecule has 5 nitrogen and oxygen atoms in total. The summed E-state index contributed by atoms with van der Waals surface area (Å²) in [6, 6.07) is 0.497. The minimum atomic E-state index is -0.155. The van der Waals surface area contributed by atoms with Crippen LogP contribution in [0.5, 0.6) is 0 Å². The summed E-state index contributed by atoms with van der Waals surface area (Å²) >= 11 is 0. The van der Waals surface area contributed by atoms with E-state index in [-0.39, 0.29) is 18.6 Å². The van der Waals surface area contributed by atoms with Gasteiger partial charge in [-0.25, -0.2) is 5.84 Å². The first-order valence-corrected chi connectivity index (χ1v) is 5.39. The summed E-state index contributed by atoms with van der Waals surface area (Å²) in [4.78, 5) is 13.3. The summed E-state index contributed by atoms with van der Waals surface area (Å²) in [5.41, 5.74) is 2.13. The van der Waals surface area contributed by atoms with Crippen LogP contribution >= 0.6 is 0 Å². The van der Waals surface area contributed by atoms with Gasteiger partial charge in [0.15, 0.2) is 0 Å². The molecule has 1 amide bonds. The fraction of sp³-hybridized carbons (Fsp3) is 0.900. The molecule has 0 aromatic rings. The van der Waals surface area contributed by atoms with Crippen LogP contribution in [0, 0.1) is 0 Å². The lowest BCUT2D eigenvalue weighted by Crippen LogP contribution is -2.43. The van der Waals surface area contributed by atoms with Crippen molar-refractivity contribution in [2.24, 2.45) is 5.84 Å². The molecule has 0 rings (SSSR count). The number of nitrogens with two attached hydrogens (primary N) is 1. The molecule has 0 radical (unpaired) electrons. The highest BCUT2D eigenvalue weighted by Gasteiger charge is 2.18. The van der Waals surface area contributed by atoms with E-state index < -0.39 is 0 Å². The molecule has 0 spiro atoms. The molecule has 1 atom stereocenters. The average molecular weight is 217 g/mol. The lowest BCUT2D eigenvalue weighted by atomic mass is 10.1. The molecular weight excluding hydrogens is 194 g/mol. The number of carbonyl (C=O) groups is 1. The summed E-state index contributed by atoms with van der Waals surface area (Å²) in [6.07, 6.45) is 1.12. The zero-order valence-electron chi connectivity index (χ0n) is 9.86. The Bertz CT molecular complexity index is 186. The van der Waals surface area contributed by atoms with Crippen LogP contribution in [-0.4, -0.2) is 41.1 Å². The first kappa shape index (κ1) is 14.3. The van der Waals surface area contributed by atoms with Gasteiger partial charge in [-0.05, 0) is 27.2 Å². The number of hydrogen-bond acceptors (Lipinski definition) is 4. The van der Waals surface area contributed by atoms with Crippen LogP contribution in [0.25, 0.3) is 0 Å². The SMILES string of the molecule is CC(C)N(CCCO)C(C)CC(=O)NN. The van der Waals surface area contributed by atoms with Crippen molar-refractivity contribution < 1.29 is 9.90 Å². The van der Waals surface area contributed by atoms with Crippen molar-refractivity contribution >= 4 is 5.91 Å². The molecule has 15 heavy (non-hydrogen) atoms. The van der Waals surface area contributed by atoms with Crippen LogP contribution in [0.1, 0.15) is 33.6 Å². The largest absolute Gasteiger partial charge is 0.396 e. The summed E-state index contributed by atoms with van der Waals surface area (Å²) in [5, 5.41) is 8.78. The number of carbonyl (C=O) groups excluding carboxylic acids is 1. The number of nitrogens with zero attached hydrogens (tertiary/aromatic N) is 1. The zero-order chi connectivity index (χ0) is 11.8. The smallest absolute Gasteiger partial charge is 0.235 e. The maximum absolute atomic E-state index is 11.1. The van der Waals surface area contributed by atoms with E-state index >= 15 is 0 Å². The Morgan fingerprint density at radius 3 is 2.47 bits per heavy atom. The van der Waals surface area contributed by atoms with Crippen LogP contribution in [0.3, 0.4) is 0 Å². The first-order chi connectivity index (χ1) is 7.02. The van der Waals surface area contributed by atoms with E-state index in [2.05, 4.69) is 24.2 Å². The van der Waals surface area contributed by atoms with Crippen LogP contribution in [0.2, 0.25) is 0 Å². The Morgan fingerprint density at radius 1 is 1.47 bits per heavy atom. The van der Waals surface area contributed by atoms with Crippen molar-refractivity contribution in [2.45, 2.75) is 45.7 Å². The molecule has 0 heterocycles. The predicted octanol–water partition coefficient (Wildman–Crippen LogP) is -0.152. The Morgan fingerprint density at radius 2 is 2.07 bits per heavy atom. The summed E-state index contributed by atoms with van der Waals surface area (Å²) in [5.74, 6) is 4.88. The molecule has 0 bridgehead atoms. The van der Waals surface area contributed by atoms with Crippen molar-refractivity contribution in [1.82, 2.24) is 10.3 Å². The van der Waals surface area contributed by atoms with Gasteiger partial charge in [0, 0.05) is 31.7 Å². The Balaban J connectivity index is 4.15. The van der Waals surface area contributed by atoms with Gasteiger partial charge in [0.2, 0.25) is 5.91 Å². The minimum absolute atomic E-state index is 0.139. The monoisotopic (exact) mass is 217 g/mol. The molecular formula is C10H23N3O2. The molecule has 0 aliphatic carbocycles. The van der Waals surface area contributed by atoms with Crippen LogP contribution in [0.15, 0.2) is 0 Å². The van der Waals surface area contributed by atoms with Crippen molar-refractivity contribution in [3.63, 3.8) is 0 Å². The topological polar surface area (TPSA) is 78.6 Å². The van der Waals surface area contributed by atoms with Crippen LogP contribution in [-0.2, 0) is 4.79 Å². The molecule has 1 unspecified atom stereocenters. The number of aliphatic hydroxyl groups is 1. The predicted molar refractivity (Wildman–Crippen MR) is 60.0 cm³/mol. The van der Waals surface area contributed by atoms with Gasteiger partial charge in [0.1, 0.15) is 0 Å². The molecule has 0 saturated carbocycles. The van der Waals surface area contributed by atoms with Crippen LogP contribution in [0.4, 0.5) is 0 Å². The van der Waals surface area contributed by atoms with Gasteiger partial charge < -0.3 is 5.11 Å². The van der Waals surface area contributed by atoms with E-state index in [1.165, 1.54) is 0 Å². The molecule has 0 aromatic heterocycles. The van der Waals surface area contributed by atoms with Gasteiger partial charge >= 0.3 is 0 Å². The van der Waals surface area contributed by atoms with Gasteiger partial charge in [-0.3, -0.25) is 15.1 Å². The molecule has 5 heteroatoms. The van der Waals surface area contributed by atoms with Gasteiger partial charge in [-0.2, -0.15) is 0 Å². The molecule has 0 saturated heterocycles. The highest BCUT2D eigenvalue weighted by molar-refractivity contribution is 5.75. The molecule has 0 aliphatic rings. The number of hydrogen-bond donors (Lipinski definition) is 3. The van der Waals surface area contributed by atoms with E-state index in [0.717, 1.165) is 13.0 Å². The third-order valence-electron chi connectivity index (χ3n) is 2.45. The summed E-state index contributed by atoms with van der Waals surface area (Å²) < 4.78 is 0. The highest BCUT2D eigenvalue weighted by Crippen LogP contribution is 2.09. The second-order valence-electron chi connectivity index (χ2n) is 4.03. The molecule has 90 valence electrons. The van der Waals surface area contributed by atoms with Crippen molar-refractivity contribution in [2.75, 3.05) is 13.2 Å². The fourth-order valence-electron chi connectivity index (χ4n) is 1.69. The van der Waals surface area contributed by atoms with Crippen molar-refractivity contribution in [1.29, 1.82) is 0 Å². The van der Waals surface area contributed by atoms with Crippen molar-refractivity contribution in [3.8, 4) is 0 Å². The molecule has 0 fully saturated rings. The minimum Gasteiger partial charge on any atom is -0.396 e. The van der Waals surface area contributed by atoms with Gasteiger partial charge in [-0.15, -0.1) is 0 Å². The summed E-state index contributed by atoms with van der Waals surface area (Å²) in [7, 11) is 0. The zero-order valence-corrected chi connectivity index (χ0v) is 9.86. The van der Waals surface area contributed by atoms with Gasteiger partial charge in [-0.1, -0.05) is 0 Å². The van der Waals surface area contributed by atoms with E-state index in [4.69, 9.17) is 10.9 Å². The fourth-order valence-corrected chi connectivity index (χ4v) is 1.69. The summed E-state index contributed by atoms with van der Waals surface area (Å²) in [6.45, 7) is 7.13. The third kappa shape index (κ3) is 5.71. The van der Waals surface area contributed by atoms with Crippen LogP contribution < -0.4 is 11.3 Å². The number of nitrogens with one attached hydrogen (secondary N) is 1. The molecule has 0 aromatic carbocycles. The number of rotatable bonds is 7. The quantitative estimate of drug-likeness (QED) is 0.315. The van der Waals surface area contributed by atoms with E-state index in [0.29, 0.717) is 12.5 Å². The molecule has 4 N–H and O–H groups in total. The highest BCUT2D eigenvalue weighted by atomic mass is 16.3. The standard InChI is InChI=1S/C10H23N3O2/c1-8(2)13(5-4-6-14)9(3)7-10(15)12-11/h8-9,14H,4-7,11H2,1-3H3,(H,12,15). The van der Waals surface area contributed by atoms with E-state index in [9.17, 15) is 4.79 Å². The third-order valence-corrected chi connectivity index (χ3v) is 2.45. The Hall–Kier alpha value is -0.650. The molecule has 0 aliphatic heterocycles. The lowest BCUT2D eigenvalue weighted by molar-refractivity contribution is -0.122. The number of aliphatic hydroxyl groups excluding tert-OH is 1. The Kier molecular flexibility index (Phi) is 7.29. The average Bonchev–Trinajstić information content (AvgIpc) is 2.17. The second kappa shape index (κ2) is 7.62. The van der Waals surface area contributed by atoms with Crippen molar-refractivity contribution in [3.05, 3.63) is 0 Å². The number of amides is 1. The normalized spacial score (nSPS) is 13.3. The maximum Gasteiger partial charge on any atom is 0.235 e. The first-order valence-electron chi connectivity index (χ1n) is 5.39. The Labute approximate surface area is 91.6 Å². The van der Waals surface area contributed by atoms with Gasteiger partial charge in [0.05, 0.1) is 0 Å². The number of hydrazine groups is 1. The lowest BCUT2D eigenvalue weighted by Gasteiger charge is -2.32.